The van der Waals surface area contributed by atoms with E-state index in [1.54, 1.807) is 29.2 Å². The van der Waals surface area contributed by atoms with Gasteiger partial charge in [0.2, 0.25) is 17.7 Å². The van der Waals surface area contributed by atoms with Gasteiger partial charge in [-0.2, -0.15) is 5.26 Å². The first-order valence-electron chi connectivity index (χ1n) is 19.4. The zero-order valence-electron chi connectivity index (χ0n) is 33.5. The maximum atomic E-state index is 14.5. The zero-order chi connectivity index (χ0) is 42.1. The summed E-state index contributed by atoms with van der Waals surface area (Å²) < 4.78 is 20.9. The number of benzene rings is 3. The van der Waals surface area contributed by atoms with Gasteiger partial charge in [-0.05, 0) is 100 Å². The summed E-state index contributed by atoms with van der Waals surface area (Å²) in [6.45, 7) is 14.8. The number of ether oxygens (including phenoxy) is 1. The average Bonchev–Trinajstić information content (AvgIpc) is 3.32. The van der Waals surface area contributed by atoms with Crippen LogP contribution in [0.2, 0.25) is 5.02 Å². The van der Waals surface area contributed by atoms with Crippen molar-refractivity contribution in [3.8, 4) is 11.8 Å². The van der Waals surface area contributed by atoms with Gasteiger partial charge in [0.25, 0.3) is 5.91 Å². The first-order chi connectivity index (χ1) is 27.5. The van der Waals surface area contributed by atoms with E-state index in [9.17, 15) is 28.8 Å². The zero-order valence-corrected chi connectivity index (χ0v) is 35.2. The number of nitrogens with one attached hydrogen (secondary N) is 3. The molecule has 0 aliphatic carbocycles. The van der Waals surface area contributed by atoms with Crippen molar-refractivity contribution in [3.05, 3.63) is 76.6 Å². The summed E-state index contributed by atoms with van der Waals surface area (Å²) in [6.07, 6.45) is 0.480. The molecule has 3 heterocycles. The van der Waals surface area contributed by atoms with E-state index in [-0.39, 0.29) is 59.4 Å². The number of piperazine rings is 1. The Labute approximate surface area is 349 Å². The van der Waals surface area contributed by atoms with Crippen LogP contribution in [0.4, 0.5) is 27.1 Å². The minimum absolute atomic E-state index is 0.0536. The Bertz CT molecular complexity index is 2120. The molecule has 0 aromatic heterocycles. The lowest BCUT2D eigenvalue weighted by Crippen LogP contribution is -2.58. The molecule has 13 nitrogen and oxygen atoms in total. The molecule has 16 heteroatoms. The summed E-state index contributed by atoms with van der Waals surface area (Å²) in [5.74, 6) is -0.923. The van der Waals surface area contributed by atoms with Crippen LogP contribution >= 0.6 is 24.2 Å². The first-order valence-corrected chi connectivity index (χ1v) is 20.3. The van der Waals surface area contributed by atoms with Crippen LogP contribution in [0.25, 0.3) is 0 Å². The number of amides is 4. The van der Waals surface area contributed by atoms with Crippen molar-refractivity contribution in [2.45, 2.75) is 89.5 Å². The molecule has 0 spiro atoms. The predicted octanol–water partition coefficient (Wildman–Crippen LogP) is 5.95. The number of hydrogen-bond donors (Lipinski definition) is 4. The fourth-order valence-corrected chi connectivity index (χ4v) is 8.89. The molecule has 3 N–H and O–H groups in total. The highest BCUT2D eigenvalue weighted by atomic mass is 35.5. The van der Waals surface area contributed by atoms with Crippen molar-refractivity contribution in [1.82, 2.24) is 15.1 Å². The average molecular weight is 833 g/mol. The minimum Gasteiger partial charge on any atom is -0.492 e. The SMILES string of the molecule is CC(C)c1cc(N2C(S)N(c3ccc(C#N)c(Cl)c3)C(=O)C2(C)C)ccc1OCCN1C[C@@H](C)N(CC(=O)Nc2cc(F)cc(NC3CCC(=O)NC3=O)c2)[C@@H](C)C1. The topological polar surface area (TPSA) is 150 Å². The third-order valence-corrected chi connectivity index (χ3v) is 11.8. The van der Waals surface area contributed by atoms with Gasteiger partial charge < -0.3 is 20.3 Å². The number of anilines is 4. The van der Waals surface area contributed by atoms with Gasteiger partial charge in [-0.15, -0.1) is 12.6 Å². The minimum atomic E-state index is -0.931. The number of carbonyl (C=O) groups is 4. The van der Waals surface area contributed by atoms with Gasteiger partial charge in [-0.3, -0.25) is 39.2 Å². The maximum absolute atomic E-state index is 14.5. The van der Waals surface area contributed by atoms with E-state index in [4.69, 9.17) is 29.0 Å². The molecular weight excluding hydrogens is 783 g/mol. The van der Waals surface area contributed by atoms with Gasteiger partial charge in [0.05, 0.1) is 17.1 Å². The summed E-state index contributed by atoms with van der Waals surface area (Å²) >= 11 is 11.2. The van der Waals surface area contributed by atoms with Crippen molar-refractivity contribution in [3.63, 3.8) is 0 Å². The molecule has 0 bridgehead atoms. The van der Waals surface area contributed by atoms with Crippen LogP contribution in [-0.4, -0.2) is 95.4 Å². The number of piperidine rings is 1. The Morgan fingerprint density at radius 3 is 2.40 bits per heavy atom. The highest BCUT2D eigenvalue weighted by Gasteiger charge is 2.51. The highest BCUT2D eigenvalue weighted by Crippen LogP contribution is 2.43. The van der Waals surface area contributed by atoms with Gasteiger partial charge in [-0.25, -0.2) is 4.39 Å². The summed E-state index contributed by atoms with van der Waals surface area (Å²) in [5, 5.41) is 17.6. The lowest BCUT2D eigenvalue weighted by molar-refractivity contribution is -0.133. The Morgan fingerprint density at radius 1 is 1.05 bits per heavy atom. The molecule has 3 aromatic carbocycles. The molecular formula is C42H50ClFN8O5S. The Hall–Kier alpha value is -4.88. The molecule has 58 heavy (non-hydrogen) atoms. The monoisotopic (exact) mass is 832 g/mol. The van der Waals surface area contributed by atoms with Crippen LogP contribution in [0.5, 0.6) is 5.75 Å². The molecule has 3 aromatic rings. The van der Waals surface area contributed by atoms with E-state index in [0.29, 0.717) is 36.5 Å². The molecule has 3 saturated heterocycles. The number of nitrogens with zero attached hydrogens (tertiary/aromatic N) is 5. The number of thiol groups is 1. The lowest BCUT2D eigenvalue weighted by Gasteiger charge is -2.44. The first kappa shape index (κ1) is 42.7. The van der Waals surface area contributed by atoms with Crippen LogP contribution in [-0.2, 0) is 19.2 Å². The highest BCUT2D eigenvalue weighted by molar-refractivity contribution is 7.81. The van der Waals surface area contributed by atoms with Crippen molar-refractivity contribution in [2.24, 2.45) is 0 Å². The number of carbonyl (C=O) groups excluding carboxylic acids is 4. The second-order valence-corrected chi connectivity index (χ2v) is 16.9. The summed E-state index contributed by atoms with van der Waals surface area (Å²) in [7, 11) is 0. The molecule has 3 aliphatic heterocycles. The number of rotatable bonds is 12. The number of halogens is 2. The van der Waals surface area contributed by atoms with Gasteiger partial charge in [0.1, 0.15) is 35.8 Å². The maximum Gasteiger partial charge on any atom is 0.254 e. The predicted molar refractivity (Wildman–Crippen MR) is 226 cm³/mol. The Kier molecular flexibility index (Phi) is 12.9. The van der Waals surface area contributed by atoms with Crippen molar-refractivity contribution in [1.29, 1.82) is 5.26 Å². The van der Waals surface area contributed by atoms with E-state index >= 15 is 0 Å². The normalized spacial score (nSPS) is 22.5. The van der Waals surface area contributed by atoms with Gasteiger partial charge in [0.15, 0.2) is 5.50 Å². The summed E-state index contributed by atoms with van der Waals surface area (Å²) in [5.41, 5.74) is 1.74. The van der Waals surface area contributed by atoms with Gasteiger partial charge in [0, 0.05) is 60.9 Å². The van der Waals surface area contributed by atoms with E-state index in [0.717, 1.165) is 30.1 Å². The van der Waals surface area contributed by atoms with Crippen LogP contribution < -0.4 is 30.5 Å². The van der Waals surface area contributed by atoms with Crippen LogP contribution in [0.1, 0.15) is 71.4 Å². The summed E-state index contributed by atoms with van der Waals surface area (Å²) in [6, 6.07) is 16.4. The molecule has 0 saturated carbocycles. The standard InChI is InChI=1S/C42H50ClFN8O5S/c1-24(2)33-18-32(52-41(58)51(40(56)42(52,5)6)31-8-7-27(20-45)34(43)19-31)9-11-36(33)57-14-13-49-21-25(3)50(26(4)22-49)23-38(54)47-30-16-28(44)15-29(17-30)46-35-10-12-37(53)48-39(35)55/h7-9,11,15-19,24-26,35,41,46,58H,10,12-14,21-23H2,1-6H3,(H,47,54)(H,48,53,55)/t25-,26+,35?,41?. The second-order valence-electron chi connectivity index (χ2n) is 16.0. The molecule has 0 radical (unpaired) electrons. The van der Waals surface area contributed by atoms with Crippen LogP contribution in [0, 0.1) is 17.1 Å². The molecule has 3 aliphatic rings. The van der Waals surface area contributed by atoms with Crippen molar-refractivity contribution < 1.29 is 28.3 Å². The number of hydrogen-bond acceptors (Lipinski definition) is 11. The fraction of sp³-hybridized carbons (Fsp3) is 0.452. The molecule has 2 unspecified atom stereocenters. The van der Waals surface area contributed by atoms with Crippen molar-refractivity contribution >= 4 is 70.6 Å². The fourth-order valence-electron chi connectivity index (χ4n) is 8.02. The van der Waals surface area contributed by atoms with E-state index in [2.05, 4.69) is 65.6 Å². The van der Waals surface area contributed by atoms with E-state index in [1.165, 1.54) is 12.1 Å². The third-order valence-electron chi connectivity index (χ3n) is 11.0. The second kappa shape index (κ2) is 17.5. The van der Waals surface area contributed by atoms with E-state index < -0.39 is 28.8 Å². The van der Waals surface area contributed by atoms with Gasteiger partial charge in [-0.1, -0.05) is 25.4 Å². The molecule has 308 valence electrons. The number of nitriles is 1. The largest absolute Gasteiger partial charge is 0.492 e. The molecule has 4 atom stereocenters. The molecule has 4 amide bonds. The van der Waals surface area contributed by atoms with Crippen molar-refractivity contribution in [2.75, 3.05) is 53.2 Å². The van der Waals surface area contributed by atoms with Crippen LogP contribution in [0.15, 0.2) is 54.6 Å². The van der Waals surface area contributed by atoms with Crippen LogP contribution in [0.3, 0.4) is 0 Å². The lowest BCUT2D eigenvalue weighted by atomic mass is 9.98. The van der Waals surface area contributed by atoms with Gasteiger partial charge >= 0.3 is 0 Å². The summed E-state index contributed by atoms with van der Waals surface area (Å²) in [4.78, 5) is 58.7. The molecule has 6 rings (SSSR count). The Morgan fingerprint density at radius 2 is 1.74 bits per heavy atom. The quantitative estimate of drug-likeness (QED) is 0.128. The number of imide groups is 1. The Balaban J connectivity index is 1.04. The molecule has 3 fully saturated rings. The van der Waals surface area contributed by atoms with E-state index in [1.807, 2.05) is 30.9 Å². The smallest absolute Gasteiger partial charge is 0.254 e. The third kappa shape index (κ3) is 9.20.